The number of rotatable bonds is 7. The van der Waals surface area contributed by atoms with Gasteiger partial charge < -0.3 is 9.67 Å². The van der Waals surface area contributed by atoms with Crippen LogP contribution >= 0.6 is 0 Å². The molecule has 0 aliphatic carbocycles. The number of carbonyl (C=O) groups is 1. The van der Waals surface area contributed by atoms with Crippen molar-refractivity contribution in [3.63, 3.8) is 0 Å². The van der Waals surface area contributed by atoms with Crippen LogP contribution in [0.2, 0.25) is 0 Å². The first-order valence-electron chi connectivity index (χ1n) is 6.37. The molecule has 0 atom stereocenters. The summed E-state index contributed by atoms with van der Waals surface area (Å²) in [5.41, 5.74) is -1.08. The van der Waals surface area contributed by atoms with E-state index in [1.165, 1.54) is 20.0 Å². The number of aromatic nitrogens is 2. The van der Waals surface area contributed by atoms with E-state index < -0.39 is 21.5 Å². The molecule has 2 N–H and O–H groups in total. The summed E-state index contributed by atoms with van der Waals surface area (Å²) in [6.45, 7) is 7.45. The molecule has 114 valence electrons. The van der Waals surface area contributed by atoms with E-state index in [4.69, 9.17) is 5.11 Å². The Bertz CT molecular complexity index is 590. The van der Waals surface area contributed by atoms with E-state index in [-0.39, 0.29) is 11.4 Å². The standard InChI is InChI=1S/C12H21N3O4S/c1-5-6-15-8-10(13-9(15)2)20(18,19)14-12(3,4)7-11(16)17/h8,14H,5-7H2,1-4H3,(H,16,17). The highest BCUT2D eigenvalue weighted by atomic mass is 32.2. The predicted molar refractivity (Wildman–Crippen MR) is 73.9 cm³/mol. The maximum atomic E-state index is 12.2. The van der Waals surface area contributed by atoms with Gasteiger partial charge in [-0.05, 0) is 27.2 Å². The Kier molecular flexibility index (Phi) is 4.93. The summed E-state index contributed by atoms with van der Waals surface area (Å²) in [7, 11) is -3.83. The van der Waals surface area contributed by atoms with Crippen LogP contribution in [0, 0.1) is 6.92 Å². The summed E-state index contributed by atoms with van der Waals surface area (Å²) < 4.78 is 28.6. The SMILES string of the molecule is CCCn1cc(S(=O)(=O)NC(C)(C)CC(=O)O)nc1C. The van der Waals surface area contributed by atoms with Crippen LogP contribution < -0.4 is 4.72 Å². The normalized spacial score (nSPS) is 12.6. The molecule has 0 aliphatic rings. The second kappa shape index (κ2) is 5.92. The van der Waals surface area contributed by atoms with E-state index in [0.717, 1.165) is 6.42 Å². The number of carboxylic acid groups (broad SMARTS) is 1. The van der Waals surface area contributed by atoms with E-state index in [1.807, 2.05) is 6.92 Å². The van der Waals surface area contributed by atoms with Gasteiger partial charge in [0.1, 0.15) is 5.82 Å². The Morgan fingerprint density at radius 3 is 2.60 bits per heavy atom. The van der Waals surface area contributed by atoms with Crippen LogP contribution in [-0.2, 0) is 21.4 Å². The molecule has 0 radical (unpaired) electrons. The predicted octanol–water partition coefficient (Wildman–Crippen LogP) is 1.13. The highest BCUT2D eigenvalue weighted by molar-refractivity contribution is 7.89. The summed E-state index contributed by atoms with van der Waals surface area (Å²) >= 11 is 0. The molecular weight excluding hydrogens is 282 g/mol. The zero-order valence-corrected chi connectivity index (χ0v) is 13.0. The van der Waals surface area contributed by atoms with Gasteiger partial charge in [-0.15, -0.1) is 0 Å². The number of imidazole rings is 1. The van der Waals surface area contributed by atoms with Gasteiger partial charge in [0.15, 0.2) is 5.03 Å². The summed E-state index contributed by atoms with van der Waals surface area (Å²) in [4.78, 5) is 14.8. The first-order valence-corrected chi connectivity index (χ1v) is 7.85. The number of nitrogens with one attached hydrogen (secondary N) is 1. The van der Waals surface area contributed by atoms with Crippen molar-refractivity contribution in [3.8, 4) is 0 Å². The van der Waals surface area contributed by atoms with Crippen LogP contribution in [-0.4, -0.2) is 34.6 Å². The van der Waals surface area contributed by atoms with E-state index >= 15 is 0 Å². The zero-order valence-electron chi connectivity index (χ0n) is 12.2. The lowest BCUT2D eigenvalue weighted by Crippen LogP contribution is -2.44. The molecule has 1 aromatic rings. The average Bonchev–Trinajstić information content (AvgIpc) is 2.58. The van der Waals surface area contributed by atoms with Gasteiger partial charge in [-0.25, -0.2) is 18.1 Å². The molecule has 0 aromatic carbocycles. The van der Waals surface area contributed by atoms with Crippen molar-refractivity contribution in [1.29, 1.82) is 0 Å². The molecule has 0 fully saturated rings. The first kappa shape index (κ1) is 16.6. The molecule has 20 heavy (non-hydrogen) atoms. The number of nitrogens with zero attached hydrogens (tertiary/aromatic N) is 2. The molecule has 8 heteroatoms. The van der Waals surface area contributed by atoms with Gasteiger partial charge in [0, 0.05) is 18.3 Å². The fourth-order valence-electron chi connectivity index (χ4n) is 1.91. The molecule has 1 rings (SSSR count). The topological polar surface area (TPSA) is 101 Å². The second-order valence-corrected chi connectivity index (χ2v) is 7.01. The number of sulfonamides is 1. The fraction of sp³-hybridized carbons (Fsp3) is 0.667. The van der Waals surface area contributed by atoms with Crippen molar-refractivity contribution in [3.05, 3.63) is 12.0 Å². The number of hydrogen-bond donors (Lipinski definition) is 2. The minimum Gasteiger partial charge on any atom is -0.481 e. The zero-order chi connectivity index (χ0) is 15.6. The Morgan fingerprint density at radius 1 is 1.50 bits per heavy atom. The third-order valence-electron chi connectivity index (χ3n) is 2.70. The fourth-order valence-corrected chi connectivity index (χ4v) is 3.33. The summed E-state index contributed by atoms with van der Waals surface area (Å²) in [5, 5.41) is 8.70. The summed E-state index contributed by atoms with van der Waals surface area (Å²) in [6.07, 6.45) is 2.04. The molecule has 0 spiro atoms. The number of carboxylic acids is 1. The van der Waals surface area contributed by atoms with E-state index in [2.05, 4.69) is 9.71 Å². The van der Waals surface area contributed by atoms with Crippen molar-refractivity contribution in [2.75, 3.05) is 0 Å². The molecule has 0 saturated heterocycles. The van der Waals surface area contributed by atoms with Crippen LogP contribution in [0.1, 0.15) is 39.4 Å². The summed E-state index contributed by atoms with van der Waals surface area (Å²) in [6, 6.07) is 0. The van der Waals surface area contributed by atoms with Gasteiger partial charge in [-0.1, -0.05) is 6.92 Å². The number of hydrogen-bond acceptors (Lipinski definition) is 4. The van der Waals surface area contributed by atoms with E-state index in [1.54, 1.807) is 11.5 Å². The molecule has 0 aliphatic heterocycles. The van der Waals surface area contributed by atoms with Crippen LogP contribution in [0.5, 0.6) is 0 Å². The van der Waals surface area contributed by atoms with E-state index in [0.29, 0.717) is 12.4 Å². The average molecular weight is 303 g/mol. The quantitative estimate of drug-likeness (QED) is 0.786. The third-order valence-corrected chi connectivity index (χ3v) is 4.27. The van der Waals surface area contributed by atoms with E-state index in [9.17, 15) is 13.2 Å². The number of aliphatic carboxylic acids is 1. The van der Waals surface area contributed by atoms with Crippen molar-refractivity contribution >= 4 is 16.0 Å². The lowest BCUT2D eigenvalue weighted by atomic mass is 10.0. The Labute approximate surface area is 119 Å². The molecular formula is C12H21N3O4S. The Morgan fingerprint density at radius 2 is 2.10 bits per heavy atom. The summed E-state index contributed by atoms with van der Waals surface area (Å²) in [5.74, 6) is -0.450. The van der Waals surface area contributed by atoms with Crippen molar-refractivity contribution < 1.29 is 18.3 Å². The van der Waals surface area contributed by atoms with Gasteiger partial charge in [-0.2, -0.15) is 0 Å². The molecule has 0 unspecified atom stereocenters. The van der Waals surface area contributed by atoms with Gasteiger partial charge >= 0.3 is 5.97 Å². The number of aryl methyl sites for hydroxylation is 2. The maximum Gasteiger partial charge on any atom is 0.305 e. The smallest absolute Gasteiger partial charge is 0.305 e. The van der Waals surface area contributed by atoms with Crippen LogP contribution in [0.3, 0.4) is 0 Å². The van der Waals surface area contributed by atoms with Crippen LogP contribution in [0.25, 0.3) is 0 Å². The minimum atomic E-state index is -3.83. The van der Waals surface area contributed by atoms with Gasteiger partial charge in [0.05, 0.1) is 6.42 Å². The lowest BCUT2D eigenvalue weighted by molar-refractivity contribution is -0.138. The highest BCUT2D eigenvalue weighted by Crippen LogP contribution is 2.16. The van der Waals surface area contributed by atoms with Crippen molar-refractivity contribution in [2.24, 2.45) is 0 Å². The largest absolute Gasteiger partial charge is 0.481 e. The molecule has 0 saturated carbocycles. The Balaban J connectivity index is 2.99. The maximum absolute atomic E-state index is 12.2. The van der Waals surface area contributed by atoms with Crippen molar-refractivity contribution in [2.45, 2.75) is 57.6 Å². The molecule has 1 heterocycles. The first-order chi connectivity index (χ1) is 9.07. The van der Waals surface area contributed by atoms with Crippen LogP contribution in [0.15, 0.2) is 11.2 Å². The van der Waals surface area contributed by atoms with Gasteiger partial charge in [-0.3, -0.25) is 4.79 Å². The molecule has 0 amide bonds. The molecule has 0 bridgehead atoms. The molecule has 1 aromatic heterocycles. The Hall–Kier alpha value is -1.41. The van der Waals surface area contributed by atoms with Gasteiger partial charge in [0.2, 0.25) is 0 Å². The lowest BCUT2D eigenvalue weighted by Gasteiger charge is -2.23. The second-order valence-electron chi connectivity index (χ2n) is 5.38. The van der Waals surface area contributed by atoms with Gasteiger partial charge in [0.25, 0.3) is 10.0 Å². The third kappa shape index (κ3) is 4.31. The minimum absolute atomic E-state index is 0.0816. The van der Waals surface area contributed by atoms with Crippen LogP contribution in [0.4, 0.5) is 0 Å². The molecule has 7 nitrogen and oxygen atoms in total. The highest BCUT2D eigenvalue weighted by Gasteiger charge is 2.30. The van der Waals surface area contributed by atoms with Crippen molar-refractivity contribution in [1.82, 2.24) is 14.3 Å². The monoisotopic (exact) mass is 303 g/mol.